The number of aliphatic hydroxyl groups excluding tert-OH is 1. The molecule has 0 saturated carbocycles. The van der Waals surface area contributed by atoms with Crippen molar-refractivity contribution in [2.24, 2.45) is 0 Å². The van der Waals surface area contributed by atoms with E-state index in [0.717, 1.165) is 15.4 Å². The number of carbonyl (C=O) groups excluding carboxylic acids is 1. The van der Waals surface area contributed by atoms with Crippen LogP contribution in [0, 0.1) is 5.82 Å². The van der Waals surface area contributed by atoms with E-state index in [9.17, 15) is 14.3 Å². The molecule has 0 unspecified atom stereocenters. The van der Waals surface area contributed by atoms with Crippen LogP contribution in [-0.2, 0) is 9.53 Å². The number of hydrogen-bond acceptors (Lipinski definition) is 5. The molecular formula is C25H23ClFNO3S. The van der Waals surface area contributed by atoms with Gasteiger partial charge in [0, 0.05) is 33.4 Å². The van der Waals surface area contributed by atoms with E-state index in [1.807, 2.05) is 12.1 Å². The second-order valence-electron chi connectivity index (χ2n) is 8.13. The number of hydrogen-bond donors (Lipinski definition) is 1. The average Bonchev–Trinajstić information content (AvgIpc) is 2.74. The molecule has 3 aromatic rings. The van der Waals surface area contributed by atoms with Crippen molar-refractivity contribution in [2.75, 3.05) is 0 Å². The highest BCUT2D eigenvalue weighted by Crippen LogP contribution is 2.38. The van der Waals surface area contributed by atoms with Crippen molar-refractivity contribution in [3.63, 3.8) is 0 Å². The minimum absolute atomic E-state index is 0.00931. The monoisotopic (exact) mass is 471 g/mol. The summed E-state index contributed by atoms with van der Waals surface area (Å²) in [5.41, 5.74) is 2.59. The fraction of sp³-hybridized carbons (Fsp3) is 0.280. The number of fused-ring (bicyclic) bond motifs is 1. The summed E-state index contributed by atoms with van der Waals surface area (Å²) in [4.78, 5) is 17.9. The molecule has 2 heterocycles. The zero-order chi connectivity index (χ0) is 22.8. The van der Waals surface area contributed by atoms with Gasteiger partial charge in [0.2, 0.25) is 0 Å². The minimum Gasteiger partial charge on any atom is -0.458 e. The Morgan fingerprint density at radius 1 is 1.28 bits per heavy atom. The van der Waals surface area contributed by atoms with Crippen LogP contribution < -0.4 is 0 Å². The number of halogens is 2. The first kappa shape index (κ1) is 22.8. The maximum atomic E-state index is 14.3. The van der Waals surface area contributed by atoms with Crippen molar-refractivity contribution in [3.8, 4) is 0 Å². The number of cyclic esters (lactones) is 1. The maximum Gasteiger partial charge on any atom is 0.309 e. The summed E-state index contributed by atoms with van der Waals surface area (Å²) in [6, 6.07) is 11.2. The summed E-state index contributed by atoms with van der Waals surface area (Å²) >= 11 is 7.48. The third kappa shape index (κ3) is 5.14. The van der Waals surface area contributed by atoms with Gasteiger partial charge in [-0.2, -0.15) is 0 Å². The van der Waals surface area contributed by atoms with Gasteiger partial charge >= 0.3 is 5.97 Å². The number of rotatable bonds is 5. The topological polar surface area (TPSA) is 59.4 Å². The molecule has 0 aliphatic carbocycles. The molecule has 4 rings (SSSR count). The molecular weight excluding hydrogens is 449 g/mol. The largest absolute Gasteiger partial charge is 0.458 e. The first-order valence-corrected chi connectivity index (χ1v) is 11.6. The second-order valence-corrected chi connectivity index (χ2v) is 9.62. The quantitative estimate of drug-likeness (QED) is 0.437. The summed E-state index contributed by atoms with van der Waals surface area (Å²) in [5.74, 6) is -0.505. The van der Waals surface area contributed by atoms with Gasteiger partial charge in [0.15, 0.2) is 0 Å². The van der Waals surface area contributed by atoms with Gasteiger partial charge in [0.1, 0.15) is 11.9 Å². The Morgan fingerprint density at radius 2 is 2.03 bits per heavy atom. The Labute approximate surface area is 195 Å². The van der Waals surface area contributed by atoms with Crippen molar-refractivity contribution in [2.45, 2.75) is 54.6 Å². The number of esters is 1. The van der Waals surface area contributed by atoms with Crippen molar-refractivity contribution in [1.29, 1.82) is 0 Å². The molecule has 2 atom stereocenters. The molecule has 166 valence electrons. The van der Waals surface area contributed by atoms with Crippen LogP contribution >= 0.6 is 23.4 Å². The van der Waals surface area contributed by atoms with Gasteiger partial charge < -0.3 is 9.84 Å². The summed E-state index contributed by atoms with van der Waals surface area (Å²) in [7, 11) is 0. The van der Waals surface area contributed by atoms with Crippen molar-refractivity contribution < 1.29 is 19.0 Å². The fourth-order valence-corrected chi connectivity index (χ4v) is 4.77. The van der Waals surface area contributed by atoms with Crippen molar-refractivity contribution >= 4 is 46.3 Å². The van der Waals surface area contributed by atoms with Crippen LogP contribution in [0.2, 0.25) is 5.02 Å². The summed E-state index contributed by atoms with van der Waals surface area (Å²) < 4.78 is 19.6. The van der Waals surface area contributed by atoms with Gasteiger partial charge in [-0.25, -0.2) is 4.39 Å². The average molecular weight is 472 g/mol. The summed E-state index contributed by atoms with van der Waals surface area (Å²) in [6.07, 6.45) is 4.35. The van der Waals surface area contributed by atoms with Crippen LogP contribution in [0.3, 0.4) is 0 Å². The number of pyridine rings is 1. The van der Waals surface area contributed by atoms with Crippen molar-refractivity contribution in [1.82, 2.24) is 4.98 Å². The van der Waals surface area contributed by atoms with E-state index >= 15 is 0 Å². The van der Waals surface area contributed by atoms with E-state index in [0.29, 0.717) is 23.2 Å². The Hall–Kier alpha value is -2.41. The standard InChI is InChI=1S/C25H23ClFNO3S/c1-14(2)15-4-7-19(8-5-15)32-25-16(3-6-18-9-17(29)10-24(30)31-18)13-28-23-12-21(26)22(27)11-20(23)25/h3-8,11-14,17-18,29H,9-10H2,1-2H3/b6-3+/t17-,18-/m1/s1. The summed E-state index contributed by atoms with van der Waals surface area (Å²) in [6.45, 7) is 4.28. The molecule has 32 heavy (non-hydrogen) atoms. The van der Waals surface area contributed by atoms with Crippen LogP contribution in [0.15, 0.2) is 58.5 Å². The lowest BCUT2D eigenvalue weighted by Crippen LogP contribution is -2.31. The van der Waals surface area contributed by atoms with Crippen LogP contribution in [-0.4, -0.2) is 28.3 Å². The Bertz CT molecular complexity index is 1180. The van der Waals surface area contributed by atoms with E-state index in [-0.39, 0.29) is 11.4 Å². The predicted molar refractivity (Wildman–Crippen MR) is 126 cm³/mol. The number of aliphatic hydroxyl groups is 1. The lowest BCUT2D eigenvalue weighted by atomic mass is 10.0. The Kier molecular flexibility index (Phi) is 6.84. The van der Waals surface area contributed by atoms with Crippen LogP contribution in [0.25, 0.3) is 17.0 Å². The van der Waals surface area contributed by atoms with Crippen molar-refractivity contribution in [3.05, 3.63) is 70.6 Å². The number of aromatic nitrogens is 1. The highest BCUT2D eigenvalue weighted by Gasteiger charge is 2.25. The van der Waals surface area contributed by atoms with E-state index < -0.39 is 24.0 Å². The van der Waals surface area contributed by atoms with Crippen LogP contribution in [0.1, 0.15) is 43.7 Å². The molecule has 0 amide bonds. The van der Waals surface area contributed by atoms with Crippen LogP contribution in [0.5, 0.6) is 0 Å². The van der Waals surface area contributed by atoms with Gasteiger partial charge in [0.05, 0.1) is 23.1 Å². The summed E-state index contributed by atoms with van der Waals surface area (Å²) in [5, 5.41) is 10.5. The zero-order valence-electron chi connectivity index (χ0n) is 17.7. The van der Waals surface area contributed by atoms with Gasteiger partial charge in [-0.1, -0.05) is 55.4 Å². The molecule has 7 heteroatoms. The minimum atomic E-state index is -0.717. The Morgan fingerprint density at radius 3 is 2.72 bits per heavy atom. The third-order valence-corrected chi connectivity index (χ3v) is 6.79. The molecule has 0 spiro atoms. The number of ether oxygens (including phenoxy) is 1. The van der Waals surface area contributed by atoms with E-state index in [1.165, 1.54) is 29.5 Å². The molecule has 1 aliphatic rings. The van der Waals surface area contributed by atoms with E-state index in [1.54, 1.807) is 18.3 Å². The third-order valence-electron chi connectivity index (χ3n) is 5.33. The first-order chi connectivity index (χ1) is 15.3. The first-order valence-electron chi connectivity index (χ1n) is 10.4. The zero-order valence-corrected chi connectivity index (χ0v) is 19.3. The van der Waals surface area contributed by atoms with Gasteiger partial charge in [-0.05, 0) is 41.8 Å². The lowest BCUT2D eigenvalue weighted by molar-refractivity contribution is -0.156. The molecule has 1 aliphatic heterocycles. The fourth-order valence-electron chi connectivity index (χ4n) is 3.59. The SMILES string of the molecule is CC(C)c1ccc(Sc2c(/C=C/[C@@H]3C[C@@H](O)CC(=O)O3)cnc3cc(Cl)c(F)cc23)cc1. The van der Waals surface area contributed by atoms with E-state index in [4.69, 9.17) is 16.3 Å². The second kappa shape index (κ2) is 9.61. The Balaban J connectivity index is 1.73. The molecule has 4 nitrogen and oxygen atoms in total. The normalized spacial score (nSPS) is 19.1. The van der Waals surface area contributed by atoms with Gasteiger partial charge in [0.25, 0.3) is 0 Å². The highest BCUT2D eigenvalue weighted by atomic mass is 35.5. The molecule has 1 saturated heterocycles. The number of carbonyl (C=O) groups is 1. The van der Waals surface area contributed by atoms with Gasteiger partial charge in [-0.3, -0.25) is 9.78 Å². The maximum absolute atomic E-state index is 14.3. The highest BCUT2D eigenvalue weighted by molar-refractivity contribution is 7.99. The smallest absolute Gasteiger partial charge is 0.309 e. The molecule has 1 fully saturated rings. The molecule has 0 radical (unpaired) electrons. The molecule has 2 aromatic carbocycles. The number of nitrogens with zero attached hydrogens (tertiary/aromatic N) is 1. The molecule has 1 N–H and O–H groups in total. The molecule has 0 bridgehead atoms. The predicted octanol–water partition coefficient (Wildman–Crippen LogP) is 6.38. The van der Waals surface area contributed by atoms with Gasteiger partial charge in [-0.15, -0.1) is 0 Å². The van der Waals surface area contributed by atoms with Crippen LogP contribution in [0.4, 0.5) is 4.39 Å². The molecule has 1 aromatic heterocycles. The lowest BCUT2D eigenvalue weighted by Gasteiger charge is -2.23. The number of benzene rings is 2. The van der Waals surface area contributed by atoms with E-state index in [2.05, 4.69) is 31.0 Å².